The molecule has 2 rings (SSSR count). The molecular weight excluding hydrogens is 302 g/mol. The standard InChI is InChI=1S/C11H10BrN3O3/c1-14-5-4-13-11(14)7-18-10-3-2-8(12)6-9(10)15(16)17/h2-6H,7H2,1H3. The second kappa shape index (κ2) is 5.18. The Morgan fingerprint density at radius 3 is 2.94 bits per heavy atom. The van der Waals surface area contributed by atoms with E-state index in [1.165, 1.54) is 6.07 Å². The van der Waals surface area contributed by atoms with Crippen LogP contribution in [0.25, 0.3) is 0 Å². The molecule has 0 fully saturated rings. The summed E-state index contributed by atoms with van der Waals surface area (Å²) in [6.45, 7) is 0.186. The van der Waals surface area contributed by atoms with Gasteiger partial charge in [0.2, 0.25) is 0 Å². The summed E-state index contributed by atoms with van der Waals surface area (Å²) in [7, 11) is 1.84. The van der Waals surface area contributed by atoms with E-state index in [9.17, 15) is 10.1 Å². The normalized spacial score (nSPS) is 10.3. The van der Waals surface area contributed by atoms with Crippen LogP contribution in [-0.2, 0) is 13.7 Å². The monoisotopic (exact) mass is 311 g/mol. The van der Waals surface area contributed by atoms with Gasteiger partial charge in [0.25, 0.3) is 0 Å². The smallest absolute Gasteiger partial charge is 0.312 e. The minimum absolute atomic E-state index is 0.0708. The maximum absolute atomic E-state index is 10.9. The van der Waals surface area contributed by atoms with Crippen LogP contribution in [0, 0.1) is 10.1 Å². The average molecular weight is 312 g/mol. The van der Waals surface area contributed by atoms with Gasteiger partial charge >= 0.3 is 5.69 Å². The molecule has 7 heteroatoms. The number of halogens is 1. The molecule has 0 aliphatic carbocycles. The van der Waals surface area contributed by atoms with Crippen LogP contribution in [0.5, 0.6) is 5.75 Å². The minimum Gasteiger partial charge on any atom is -0.479 e. The molecule has 0 N–H and O–H groups in total. The number of hydrogen-bond donors (Lipinski definition) is 0. The Morgan fingerprint density at radius 2 is 2.33 bits per heavy atom. The predicted octanol–water partition coefficient (Wildman–Crippen LogP) is 2.67. The number of aromatic nitrogens is 2. The topological polar surface area (TPSA) is 70.2 Å². The lowest BCUT2D eigenvalue weighted by Crippen LogP contribution is -2.04. The molecule has 0 radical (unpaired) electrons. The van der Waals surface area contributed by atoms with Gasteiger partial charge in [0.1, 0.15) is 12.4 Å². The maximum atomic E-state index is 10.9. The first kappa shape index (κ1) is 12.6. The molecule has 0 spiro atoms. The second-order valence-electron chi connectivity index (χ2n) is 3.61. The van der Waals surface area contributed by atoms with Crippen molar-refractivity contribution in [2.45, 2.75) is 6.61 Å². The number of nitro groups is 1. The van der Waals surface area contributed by atoms with Crippen LogP contribution in [0.2, 0.25) is 0 Å². The summed E-state index contributed by atoms with van der Waals surface area (Å²) in [5.74, 6) is 0.929. The van der Waals surface area contributed by atoms with E-state index in [0.717, 1.165) is 0 Å². The van der Waals surface area contributed by atoms with Gasteiger partial charge in [0.15, 0.2) is 5.75 Å². The number of imidazole rings is 1. The first-order valence-corrected chi connectivity index (χ1v) is 5.90. The maximum Gasteiger partial charge on any atom is 0.312 e. The van der Waals surface area contributed by atoms with Crippen molar-refractivity contribution in [1.29, 1.82) is 0 Å². The number of hydrogen-bond acceptors (Lipinski definition) is 4. The van der Waals surface area contributed by atoms with Crippen LogP contribution >= 0.6 is 15.9 Å². The van der Waals surface area contributed by atoms with E-state index in [1.807, 2.05) is 7.05 Å². The Balaban J connectivity index is 2.19. The quantitative estimate of drug-likeness (QED) is 0.643. The third kappa shape index (κ3) is 2.67. The van der Waals surface area contributed by atoms with E-state index < -0.39 is 4.92 Å². The third-order valence-electron chi connectivity index (χ3n) is 2.40. The molecule has 0 aliphatic rings. The molecule has 94 valence electrons. The molecule has 1 aromatic carbocycles. The highest BCUT2D eigenvalue weighted by Gasteiger charge is 2.16. The number of nitrogens with zero attached hydrogens (tertiary/aromatic N) is 3. The summed E-state index contributed by atoms with van der Waals surface area (Å²) >= 11 is 3.19. The van der Waals surface area contributed by atoms with Gasteiger partial charge in [-0.2, -0.15) is 0 Å². The largest absolute Gasteiger partial charge is 0.479 e. The summed E-state index contributed by atoms with van der Waals surface area (Å²) < 4.78 is 7.87. The van der Waals surface area contributed by atoms with Gasteiger partial charge in [-0.25, -0.2) is 4.98 Å². The molecule has 0 bridgehead atoms. The Labute approximate surface area is 111 Å². The van der Waals surface area contributed by atoms with Gasteiger partial charge in [-0.15, -0.1) is 0 Å². The molecule has 0 saturated carbocycles. The van der Waals surface area contributed by atoms with E-state index in [0.29, 0.717) is 10.3 Å². The van der Waals surface area contributed by atoms with Crippen LogP contribution in [-0.4, -0.2) is 14.5 Å². The molecule has 0 amide bonds. The molecule has 1 aromatic heterocycles. The Morgan fingerprint density at radius 1 is 1.56 bits per heavy atom. The lowest BCUT2D eigenvalue weighted by Gasteiger charge is -2.06. The van der Waals surface area contributed by atoms with Gasteiger partial charge in [-0.05, 0) is 12.1 Å². The van der Waals surface area contributed by atoms with Gasteiger partial charge < -0.3 is 9.30 Å². The Bertz CT molecular complexity index is 583. The van der Waals surface area contributed by atoms with E-state index in [1.54, 1.807) is 29.1 Å². The number of aryl methyl sites for hydroxylation is 1. The zero-order valence-corrected chi connectivity index (χ0v) is 11.1. The molecule has 0 saturated heterocycles. The predicted molar refractivity (Wildman–Crippen MR) is 68.3 cm³/mol. The molecule has 0 unspecified atom stereocenters. The fourth-order valence-electron chi connectivity index (χ4n) is 1.43. The van der Waals surface area contributed by atoms with Gasteiger partial charge in [-0.3, -0.25) is 10.1 Å². The van der Waals surface area contributed by atoms with E-state index in [-0.39, 0.29) is 18.0 Å². The van der Waals surface area contributed by atoms with E-state index in [2.05, 4.69) is 20.9 Å². The number of benzene rings is 1. The van der Waals surface area contributed by atoms with Crippen molar-refractivity contribution in [3.63, 3.8) is 0 Å². The van der Waals surface area contributed by atoms with Gasteiger partial charge in [0.05, 0.1) is 4.92 Å². The van der Waals surface area contributed by atoms with Crippen LogP contribution in [0.3, 0.4) is 0 Å². The second-order valence-corrected chi connectivity index (χ2v) is 4.53. The SMILES string of the molecule is Cn1ccnc1COc1ccc(Br)cc1[N+](=O)[O-]. The van der Waals surface area contributed by atoms with E-state index in [4.69, 9.17) is 4.74 Å². The van der Waals surface area contributed by atoms with Crippen molar-refractivity contribution < 1.29 is 9.66 Å². The molecule has 2 aromatic rings. The van der Waals surface area contributed by atoms with Crippen molar-refractivity contribution in [3.05, 3.63) is 51.0 Å². The summed E-state index contributed by atoms with van der Waals surface area (Å²) in [6, 6.07) is 4.67. The van der Waals surface area contributed by atoms with Crippen LogP contribution in [0.15, 0.2) is 35.1 Å². The Hall–Kier alpha value is -1.89. The molecule has 0 aliphatic heterocycles. The number of nitro benzene ring substituents is 1. The fraction of sp³-hybridized carbons (Fsp3) is 0.182. The highest BCUT2D eigenvalue weighted by Crippen LogP contribution is 2.30. The molecule has 18 heavy (non-hydrogen) atoms. The average Bonchev–Trinajstić information content (AvgIpc) is 2.73. The first-order chi connectivity index (χ1) is 8.58. The lowest BCUT2D eigenvalue weighted by molar-refractivity contribution is -0.386. The first-order valence-electron chi connectivity index (χ1n) is 5.11. The lowest BCUT2D eigenvalue weighted by atomic mass is 10.3. The van der Waals surface area contributed by atoms with Crippen LogP contribution < -0.4 is 4.74 Å². The fourth-order valence-corrected chi connectivity index (χ4v) is 1.78. The van der Waals surface area contributed by atoms with Crippen molar-refractivity contribution in [2.75, 3.05) is 0 Å². The van der Waals surface area contributed by atoms with Gasteiger partial charge in [-0.1, -0.05) is 15.9 Å². The zero-order chi connectivity index (χ0) is 13.1. The molecular formula is C11H10BrN3O3. The van der Waals surface area contributed by atoms with Crippen molar-refractivity contribution in [1.82, 2.24) is 9.55 Å². The van der Waals surface area contributed by atoms with Crippen molar-refractivity contribution >= 4 is 21.6 Å². The van der Waals surface area contributed by atoms with Crippen molar-refractivity contribution in [3.8, 4) is 5.75 Å². The number of rotatable bonds is 4. The minimum atomic E-state index is -0.474. The van der Waals surface area contributed by atoms with Crippen LogP contribution in [0.1, 0.15) is 5.82 Å². The summed E-state index contributed by atoms with van der Waals surface area (Å²) in [5.41, 5.74) is -0.0708. The molecule has 0 atom stereocenters. The highest BCUT2D eigenvalue weighted by atomic mass is 79.9. The number of ether oxygens (including phenoxy) is 1. The zero-order valence-electron chi connectivity index (χ0n) is 9.54. The third-order valence-corrected chi connectivity index (χ3v) is 2.89. The van der Waals surface area contributed by atoms with Crippen LogP contribution in [0.4, 0.5) is 5.69 Å². The highest BCUT2D eigenvalue weighted by molar-refractivity contribution is 9.10. The summed E-state index contributed by atoms with van der Waals surface area (Å²) in [6.07, 6.45) is 3.43. The molecule has 6 nitrogen and oxygen atoms in total. The summed E-state index contributed by atoms with van der Waals surface area (Å²) in [5, 5.41) is 10.9. The van der Waals surface area contributed by atoms with E-state index >= 15 is 0 Å². The van der Waals surface area contributed by atoms with Crippen molar-refractivity contribution in [2.24, 2.45) is 7.05 Å². The van der Waals surface area contributed by atoms with Gasteiger partial charge in [0, 0.05) is 30.0 Å². The Kier molecular flexibility index (Phi) is 3.61. The molecule has 1 heterocycles. The summed E-state index contributed by atoms with van der Waals surface area (Å²) in [4.78, 5) is 14.5.